The fraction of sp³-hybridized carbons (Fsp3) is 0.438. The lowest BCUT2D eigenvalue weighted by Crippen LogP contribution is -2.45. The summed E-state index contributed by atoms with van der Waals surface area (Å²) in [6.07, 6.45) is 1.85. The fourth-order valence-corrected chi connectivity index (χ4v) is 3.07. The van der Waals surface area contributed by atoms with Crippen molar-refractivity contribution in [2.75, 3.05) is 13.1 Å². The van der Waals surface area contributed by atoms with E-state index in [1.165, 1.54) is 0 Å². The van der Waals surface area contributed by atoms with Crippen LogP contribution in [0.5, 0.6) is 0 Å². The minimum absolute atomic E-state index is 0.0308. The number of imide groups is 1. The number of nitrogens with zero attached hydrogens (tertiary/aromatic N) is 1. The van der Waals surface area contributed by atoms with Crippen LogP contribution in [0.4, 0.5) is 4.79 Å². The van der Waals surface area contributed by atoms with Gasteiger partial charge in [0.1, 0.15) is 5.54 Å². The van der Waals surface area contributed by atoms with Crippen molar-refractivity contribution in [2.24, 2.45) is 5.73 Å². The number of hydrogen-bond acceptors (Lipinski definition) is 4. The van der Waals surface area contributed by atoms with E-state index in [0.717, 1.165) is 12.8 Å². The summed E-state index contributed by atoms with van der Waals surface area (Å²) in [7, 11) is 0. The third-order valence-electron chi connectivity index (χ3n) is 4.50. The number of nitrogens with two attached hydrogens (primary N) is 1. The number of nitrogens with one attached hydrogen (secondary N) is 2. The summed E-state index contributed by atoms with van der Waals surface area (Å²) in [5, 5.41) is 4.82. The molecule has 4 amide bonds. The zero-order chi connectivity index (χ0) is 16.6. The van der Waals surface area contributed by atoms with Crippen molar-refractivity contribution < 1.29 is 14.4 Å². The van der Waals surface area contributed by atoms with Crippen molar-refractivity contribution in [1.82, 2.24) is 15.5 Å². The van der Waals surface area contributed by atoms with Crippen LogP contribution in [-0.4, -0.2) is 41.9 Å². The highest BCUT2D eigenvalue weighted by Crippen LogP contribution is 2.25. The number of piperidine rings is 1. The molecule has 2 heterocycles. The van der Waals surface area contributed by atoms with Crippen LogP contribution in [0.15, 0.2) is 24.3 Å². The Balaban J connectivity index is 1.78. The smallest absolute Gasteiger partial charge is 0.322 e. The molecule has 2 fully saturated rings. The Morgan fingerprint density at radius 1 is 1.30 bits per heavy atom. The average Bonchev–Trinajstić information content (AvgIpc) is 2.80. The molecule has 0 saturated carbocycles. The Morgan fingerprint density at radius 3 is 2.57 bits per heavy atom. The summed E-state index contributed by atoms with van der Waals surface area (Å²) in [6.45, 7) is 2.91. The molecule has 4 N–H and O–H groups in total. The van der Waals surface area contributed by atoms with Crippen LogP contribution in [0.3, 0.4) is 0 Å². The van der Waals surface area contributed by atoms with Crippen molar-refractivity contribution in [3.8, 4) is 0 Å². The second-order valence-electron chi connectivity index (χ2n) is 6.26. The van der Waals surface area contributed by atoms with E-state index < -0.39 is 17.5 Å². The Hall–Kier alpha value is -2.41. The molecule has 1 aromatic rings. The van der Waals surface area contributed by atoms with Crippen LogP contribution in [-0.2, 0) is 10.3 Å². The van der Waals surface area contributed by atoms with E-state index in [2.05, 4.69) is 10.6 Å². The highest BCUT2D eigenvalue weighted by atomic mass is 16.2. The number of carbonyl (C=O) groups excluding carboxylic acids is 3. The van der Waals surface area contributed by atoms with Gasteiger partial charge in [0.2, 0.25) is 0 Å². The van der Waals surface area contributed by atoms with Crippen molar-refractivity contribution in [3.63, 3.8) is 0 Å². The maximum absolute atomic E-state index is 12.5. The first-order chi connectivity index (χ1) is 10.9. The van der Waals surface area contributed by atoms with Gasteiger partial charge < -0.3 is 16.0 Å². The number of urea groups is 1. The molecule has 23 heavy (non-hydrogen) atoms. The molecule has 2 aliphatic heterocycles. The molecular formula is C16H20N4O3. The Labute approximate surface area is 134 Å². The largest absolute Gasteiger partial charge is 0.337 e. The van der Waals surface area contributed by atoms with Gasteiger partial charge in [-0.05, 0) is 37.5 Å². The maximum Gasteiger partial charge on any atom is 0.322 e. The third kappa shape index (κ3) is 2.79. The summed E-state index contributed by atoms with van der Waals surface area (Å²) in [4.78, 5) is 37.5. The highest BCUT2D eigenvalue weighted by molar-refractivity contribution is 6.07. The molecule has 0 radical (unpaired) electrons. The van der Waals surface area contributed by atoms with Crippen molar-refractivity contribution in [3.05, 3.63) is 35.4 Å². The zero-order valence-electron chi connectivity index (χ0n) is 13.0. The van der Waals surface area contributed by atoms with Crippen LogP contribution in [0.1, 0.15) is 35.7 Å². The molecule has 7 nitrogen and oxygen atoms in total. The van der Waals surface area contributed by atoms with Gasteiger partial charge in [-0.1, -0.05) is 12.1 Å². The van der Waals surface area contributed by atoms with Gasteiger partial charge in [-0.15, -0.1) is 0 Å². The minimum atomic E-state index is -1.11. The second-order valence-corrected chi connectivity index (χ2v) is 6.26. The summed E-state index contributed by atoms with van der Waals surface area (Å²) in [5.74, 6) is -0.458. The van der Waals surface area contributed by atoms with Gasteiger partial charge in [-0.2, -0.15) is 0 Å². The number of amides is 4. The molecule has 122 valence electrons. The molecular weight excluding hydrogens is 296 g/mol. The van der Waals surface area contributed by atoms with Gasteiger partial charge in [0.25, 0.3) is 11.8 Å². The number of carbonyl (C=O) groups is 3. The van der Waals surface area contributed by atoms with Crippen LogP contribution < -0.4 is 16.4 Å². The van der Waals surface area contributed by atoms with Crippen LogP contribution in [0.2, 0.25) is 0 Å². The van der Waals surface area contributed by atoms with E-state index in [0.29, 0.717) is 24.2 Å². The van der Waals surface area contributed by atoms with E-state index in [-0.39, 0.29) is 11.9 Å². The molecule has 2 aliphatic rings. The Morgan fingerprint density at radius 2 is 2.00 bits per heavy atom. The van der Waals surface area contributed by atoms with Crippen molar-refractivity contribution in [1.29, 1.82) is 0 Å². The van der Waals surface area contributed by atoms with Crippen LogP contribution in [0, 0.1) is 0 Å². The van der Waals surface area contributed by atoms with Gasteiger partial charge in [0.05, 0.1) is 0 Å². The molecule has 2 saturated heterocycles. The summed E-state index contributed by atoms with van der Waals surface area (Å²) < 4.78 is 0. The standard InChI is InChI=1S/C16H20N4O3/c1-16(14(22)18-15(23)19-16)11-6-4-10(5-7-11)13(21)20-8-2-3-12(17)9-20/h4-7,12H,2-3,8-9,17H2,1H3,(H2,18,19,22,23)/t12-,16-/m0/s1. The van der Waals surface area contributed by atoms with E-state index in [1.54, 1.807) is 36.1 Å². The van der Waals surface area contributed by atoms with Crippen molar-refractivity contribution in [2.45, 2.75) is 31.3 Å². The normalized spacial score (nSPS) is 27.6. The predicted octanol–water partition coefficient (Wildman–Crippen LogP) is 0.305. The first-order valence-corrected chi connectivity index (χ1v) is 7.69. The number of hydrogen-bond donors (Lipinski definition) is 3. The van der Waals surface area contributed by atoms with E-state index in [4.69, 9.17) is 5.73 Å². The average molecular weight is 316 g/mol. The summed E-state index contributed by atoms with van der Waals surface area (Å²) >= 11 is 0. The molecule has 0 aromatic heterocycles. The Bertz CT molecular complexity index is 658. The SMILES string of the molecule is C[C@@]1(c2ccc(C(=O)N3CCC[C@H](N)C3)cc2)NC(=O)NC1=O. The lowest BCUT2D eigenvalue weighted by molar-refractivity contribution is -0.123. The minimum Gasteiger partial charge on any atom is -0.337 e. The third-order valence-corrected chi connectivity index (χ3v) is 4.50. The summed E-state index contributed by atoms with van der Waals surface area (Å²) in [5.41, 5.74) is 5.99. The van der Waals surface area contributed by atoms with Crippen LogP contribution >= 0.6 is 0 Å². The van der Waals surface area contributed by atoms with Gasteiger partial charge in [-0.3, -0.25) is 14.9 Å². The number of likely N-dealkylation sites (tertiary alicyclic amines) is 1. The summed E-state index contributed by atoms with van der Waals surface area (Å²) in [6, 6.07) is 6.27. The molecule has 7 heteroatoms. The highest BCUT2D eigenvalue weighted by Gasteiger charge is 2.43. The predicted molar refractivity (Wildman–Crippen MR) is 83.6 cm³/mol. The number of rotatable bonds is 2. The van der Waals surface area contributed by atoms with Crippen molar-refractivity contribution >= 4 is 17.8 Å². The Kier molecular flexibility index (Phi) is 3.81. The molecule has 1 aromatic carbocycles. The maximum atomic E-state index is 12.5. The van der Waals surface area contributed by atoms with Crippen LogP contribution in [0.25, 0.3) is 0 Å². The molecule has 0 aliphatic carbocycles. The lowest BCUT2D eigenvalue weighted by atomic mass is 9.91. The quantitative estimate of drug-likeness (QED) is 0.683. The van der Waals surface area contributed by atoms with Gasteiger partial charge in [0, 0.05) is 24.7 Å². The van der Waals surface area contributed by atoms with Gasteiger partial charge in [-0.25, -0.2) is 4.79 Å². The molecule has 3 rings (SSSR count). The molecule has 0 bridgehead atoms. The lowest BCUT2D eigenvalue weighted by Gasteiger charge is -2.31. The second kappa shape index (κ2) is 5.66. The first-order valence-electron chi connectivity index (χ1n) is 7.69. The topological polar surface area (TPSA) is 105 Å². The van der Waals surface area contributed by atoms with E-state index >= 15 is 0 Å². The zero-order valence-corrected chi connectivity index (χ0v) is 13.0. The van der Waals surface area contributed by atoms with Gasteiger partial charge in [0.15, 0.2) is 0 Å². The van der Waals surface area contributed by atoms with E-state index in [1.807, 2.05) is 0 Å². The first kappa shape index (κ1) is 15.5. The van der Waals surface area contributed by atoms with Gasteiger partial charge >= 0.3 is 6.03 Å². The molecule has 2 atom stereocenters. The van der Waals surface area contributed by atoms with E-state index in [9.17, 15) is 14.4 Å². The number of benzene rings is 1. The fourth-order valence-electron chi connectivity index (χ4n) is 3.07. The molecule has 0 unspecified atom stereocenters. The molecule has 0 spiro atoms. The monoisotopic (exact) mass is 316 g/mol.